The Bertz CT molecular complexity index is 1560. The summed E-state index contributed by atoms with van der Waals surface area (Å²) in [7, 11) is 0. The third-order valence-electron chi connectivity index (χ3n) is 6.39. The summed E-state index contributed by atoms with van der Waals surface area (Å²) in [6.45, 7) is 3.47. The van der Waals surface area contributed by atoms with E-state index in [1.165, 1.54) is 23.9 Å². The lowest BCUT2D eigenvalue weighted by Crippen LogP contribution is -2.36. The number of carbonyl (C=O) groups excluding carboxylic acids is 1. The summed E-state index contributed by atoms with van der Waals surface area (Å²) >= 11 is 1.34. The summed E-state index contributed by atoms with van der Waals surface area (Å²) in [5.41, 5.74) is 4.68. The molecule has 1 amide bonds. The fraction of sp³-hybridized carbons (Fsp3) is 0.222. The van der Waals surface area contributed by atoms with E-state index in [4.69, 9.17) is 4.74 Å². The Hall–Kier alpha value is -3.89. The minimum atomic E-state index is -0.265. The van der Waals surface area contributed by atoms with E-state index < -0.39 is 0 Å². The van der Waals surface area contributed by atoms with Crippen LogP contribution in [-0.2, 0) is 16.1 Å². The van der Waals surface area contributed by atoms with E-state index >= 15 is 0 Å². The molecular weight excluding hydrogens is 491 g/mol. The van der Waals surface area contributed by atoms with E-state index in [1.54, 1.807) is 12.1 Å². The fourth-order valence-corrected chi connectivity index (χ4v) is 5.37. The van der Waals surface area contributed by atoms with Crippen molar-refractivity contribution >= 4 is 45.9 Å². The number of aromatic nitrogens is 4. The molecule has 5 aromatic rings. The largest absolute Gasteiger partial charge is 0.378 e. The molecule has 37 heavy (non-hydrogen) atoms. The summed E-state index contributed by atoms with van der Waals surface area (Å²) in [5, 5.41) is 12.5. The van der Waals surface area contributed by atoms with Crippen LogP contribution in [0.1, 0.15) is 5.56 Å². The number of rotatable bonds is 7. The molecule has 6 rings (SSSR count). The van der Waals surface area contributed by atoms with Gasteiger partial charge in [-0.3, -0.25) is 9.20 Å². The van der Waals surface area contributed by atoms with Crippen LogP contribution < -0.4 is 10.2 Å². The zero-order valence-electron chi connectivity index (χ0n) is 20.0. The lowest BCUT2D eigenvalue weighted by Gasteiger charge is -2.30. The van der Waals surface area contributed by atoms with Gasteiger partial charge in [-0.05, 0) is 42.0 Å². The van der Waals surface area contributed by atoms with Crippen molar-refractivity contribution in [2.24, 2.45) is 0 Å². The minimum absolute atomic E-state index is 0.113. The monoisotopic (exact) mass is 516 g/mol. The molecule has 1 aliphatic rings. The number of fused-ring (bicyclic) bond motifs is 3. The zero-order valence-corrected chi connectivity index (χ0v) is 20.8. The Morgan fingerprint density at radius 1 is 0.946 bits per heavy atom. The maximum absolute atomic E-state index is 13.4. The summed E-state index contributed by atoms with van der Waals surface area (Å²) < 4.78 is 22.9. The molecule has 1 aliphatic heterocycles. The van der Waals surface area contributed by atoms with Crippen molar-refractivity contribution in [1.29, 1.82) is 0 Å². The topological polar surface area (TPSA) is 76.7 Å². The second kappa shape index (κ2) is 10.2. The highest BCUT2D eigenvalue weighted by Crippen LogP contribution is 2.29. The molecule has 0 atom stereocenters. The number of anilines is 2. The number of nitrogens with zero attached hydrogens (tertiary/aromatic N) is 5. The maximum atomic E-state index is 13.4. The highest BCUT2D eigenvalue weighted by atomic mass is 32.2. The van der Waals surface area contributed by atoms with Gasteiger partial charge in [-0.1, -0.05) is 48.2 Å². The number of hydrogen-bond acceptors (Lipinski definition) is 6. The van der Waals surface area contributed by atoms with Crippen molar-refractivity contribution in [2.75, 3.05) is 42.3 Å². The van der Waals surface area contributed by atoms with Crippen LogP contribution in [0.5, 0.6) is 0 Å². The molecule has 1 N–H and O–H groups in total. The van der Waals surface area contributed by atoms with E-state index in [9.17, 15) is 9.18 Å². The molecule has 0 unspecified atom stereocenters. The van der Waals surface area contributed by atoms with Gasteiger partial charge >= 0.3 is 0 Å². The van der Waals surface area contributed by atoms with Gasteiger partial charge in [0.05, 0.1) is 47.9 Å². The first kappa shape index (κ1) is 23.5. The lowest BCUT2D eigenvalue weighted by molar-refractivity contribution is -0.113. The van der Waals surface area contributed by atoms with Crippen molar-refractivity contribution in [1.82, 2.24) is 19.2 Å². The lowest BCUT2D eigenvalue weighted by atomic mass is 10.2. The SMILES string of the molecule is O=C(CSc1nnc2n(Cc3ccc(F)cc3)c3ccccc3n12)Nc1ccccc1N1CCOCC1. The van der Waals surface area contributed by atoms with E-state index in [0.29, 0.717) is 30.7 Å². The predicted molar refractivity (Wildman–Crippen MR) is 143 cm³/mol. The normalized spacial score (nSPS) is 13.9. The van der Waals surface area contributed by atoms with Gasteiger partial charge < -0.3 is 19.5 Å². The molecule has 0 radical (unpaired) electrons. The Kier molecular flexibility index (Phi) is 6.50. The van der Waals surface area contributed by atoms with Crippen molar-refractivity contribution in [3.05, 3.63) is 84.2 Å². The molecule has 188 valence electrons. The Morgan fingerprint density at radius 3 is 2.49 bits per heavy atom. The molecule has 0 spiro atoms. The Balaban J connectivity index is 1.22. The molecule has 0 aliphatic carbocycles. The average Bonchev–Trinajstić information content (AvgIpc) is 3.49. The number of morpholine rings is 1. The smallest absolute Gasteiger partial charge is 0.237 e. The predicted octanol–water partition coefficient (Wildman–Crippen LogP) is 4.44. The summed E-state index contributed by atoms with van der Waals surface area (Å²) in [6, 6.07) is 22.3. The van der Waals surface area contributed by atoms with Crippen LogP contribution in [0.4, 0.5) is 15.8 Å². The molecular formula is C27H25FN6O2S. The van der Waals surface area contributed by atoms with E-state index in [1.807, 2.05) is 52.9 Å². The zero-order chi connectivity index (χ0) is 25.2. The number of nitrogens with one attached hydrogen (secondary N) is 1. The molecule has 1 saturated heterocycles. The highest BCUT2D eigenvalue weighted by Gasteiger charge is 2.19. The number of amides is 1. The number of carbonyl (C=O) groups is 1. The van der Waals surface area contributed by atoms with Crippen LogP contribution in [0.25, 0.3) is 16.8 Å². The van der Waals surface area contributed by atoms with Gasteiger partial charge in [0, 0.05) is 13.1 Å². The molecule has 0 bridgehead atoms. The quantitative estimate of drug-likeness (QED) is 0.323. The van der Waals surface area contributed by atoms with Gasteiger partial charge in [0.1, 0.15) is 5.82 Å². The van der Waals surface area contributed by atoms with Gasteiger partial charge in [-0.15, -0.1) is 10.2 Å². The Labute approximate surface area is 217 Å². The van der Waals surface area contributed by atoms with Gasteiger partial charge in [-0.2, -0.15) is 0 Å². The number of benzene rings is 3. The van der Waals surface area contributed by atoms with E-state index in [0.717, 1.165) is 41.1 Å². The van der Waals surface area contributed by atoms with E-state index in [2.05, 4.69) is 25.0 Å². The first-order valence-corrected chi connectivity index (χ1v) is 13.1. The second-order valence-corrected chi connectivity index (χ2v) is 9.72. The third-order valence-corrected chi connectivity index (χ3v) is 7.32. The highest BCUT2D eigenvalue weighted by molar-refractivity contribution is 7.99. The van der Waals surface area contributed by atoms with Crippen LogP contribution in [0.3, 0.4) is 0 Å². The number of halogens is 1. The second-order valence-electron chi connectivity index (χ2n) is 8.77. The van der Waals surface area contributed by atoms with Crippen molar-refractivity contribution in [3.63, 3.8) is 0 Å². The third kappa shape index (κ3) is 4.77. The first-order valence-electron chi connectivity index (χ1n) is 12.1. The van der Waals surface area contributed by atoms with Gasteiger partial charge in [0.25, 0.3) is 0 Å². The van der Waals surface area contributed by atoms with Crippen molar-refractivity contribution < 1.29 is 13.9 Å². The standard InChI is InChI=1S/C27H25FN6O2S/c28-20-11-9-19(10-12-20)17-33-23-7-3-4-8-24(23)34-26(33)30-31-27(34)37-18-25(35)29-21-5-1-2-6-22(21)32-13-15-36-16-14-32/h1-12H,13-18H2,(H,29,35). The van der Waals surface area contributed by atoms with Gasteiger partial charge in [0.15, 0.2) is 5.16 Å². The first-order chi connectivity index (χ1) is 18.2. The summed E-state index contributed by atoms with van der Waals surface area (Å²) in [5.74, 6) is 0.484. The molecule has 3 aromatic carbocycles. The molecule has 0 saturated carbocycles. The summed E-state index contributed by atoms with van der Waals surface area (Å²) in [6.07, 6.45) is 0. The Morgan fingerprint density at radius 2 is 1.68 bits per heavy atom. The van der Waals surface area contributed by atoms with Crippen LogP contribution in [-0.4, -0.2) is 57.1 Å². The molecule has 2 aromatic heterocycles. The van der Waals surface area contributed by atoms with Crippen LogP contribution in [0, 0.1) is 5.82 Å². The van der Waals surface area contributed by atoms with Crippen LogP contribution >= 0.6 is 11.8 Å². The molecule has 1 fully saturated rings. The minimum Gasteiger partial charge on any atom is -0.378 e. The van der Waals surface area contributed by atoms with Gasteiger partial charge in [-0.25, -0.2) is 4.39 Å². The summed E-state index contributed by atoms with van der Waals surface area (Å²) in [4.78, 5) is 15.2. The van der Waals surface area contributed by atoms with Crippen molar-refractivity contribution in [3.8, 4) is 0 Å². The molecule has 3 heterocycles. The number of ether oxygens (including phenoxy) is 1. The maximum Gasteiger partial charge on any atom is 0.237 e. The van der Waals surface area contributed by atoms with Gasteiger partial charge in [0.2, 0.25) is 11.7 Å². The number of thioether (sulfide) groups is 1. The number of imidazole rings is 1. The average molecular weight is 517 g/mol. The van der Waals surface area contributed by atoms with Crippen LogP contribution in [0.2, 0.25) is 0 Å². The van der Waals surface area contributed by atoms with E-state index in [-0.39, 0.29) is 17.5 Å². The number of hydrogen-bond donors (Lipinski definition) is 1. The molecule has 8 nitrogen and oxygen atoms in total. The van der Waals surface area contributed by atoms with Crippen LogP contribution in [0.15, 0.2) is 78.0 Å². The fourth-order valence-electron chi connectivity index (χ4n) is 4.63. The molecule has 10 heteroatoms. The van der Waals surface area contributed by atoms with Crippen molar-refractivity contribution in [2.45, 2.75) is 11.7 Å². The number of para-hydroxylation sites is 4.